The van der Waals surface area contributed by atoms with E-state index in [2.05, 4.69) is 34.9 Å². The van der Waals surface area contributed by atoms with Gasteiger partial charge in [0.1, 0.15) is 0 Å². The fraction of sp³-hybridized carbons (Fsp3) is 0.579. The number of nitrogens with zero attached hydrogens (tertiary/aromatic N) is 3. The van der Waals surface area contributed by atoms with Crippen molar-refractivity contribution in [3.05, 3.63) is 23.8 Å². The number of hydrogen-bond acceptors (Lipinski definition) is 4. The molecule has 24 heavy (non-hydrogen) atoms. The van der Waals surface area contributed by atoms with Crippen molar-refractivity contribution in [2.75, 3.05) is 31.1 Å². The summed E-state index contributed by atoms with van der Waals surface area (Å²) in [7, 11) is 0. The van der Waals surface area contributed by atoms with Gasteiger partial charge in [0.2, 0.25) is 5.91 Å². The minimum Gasteiger partial charge on any atom is -0.348 e. The second-order valence-corrected chi connectivity index (χ2v) is 7.95. The van der Waals surface area contributed by atoms with E-state index in [1.54, 1.807) is 11.3 Å². The van der Waals surface area contributed by atoms with Crippen LogP contribution in [0.4, 0.5) is 5.13 Å². The standard InChI is InChI=1S/C19H25N3OS/c1-2-14-5-6-16-17(13-14)24-19(20-16)22-11-7-15(8-12-22)18(23)21-9-3-4-10-21/h5-6,13,15H,2-4,7-12H2,1H3. The van der Waals surface area contributed by atoms with Crippen LogP contribution in [0.2, 0.25) is 0 Å². The molecule has 2 saturated heterocycles. The molecule has 0 unspecified atom stereocenters. The average molecular weight is 343 g/mol. The number of thiazole rings is 1. The number of hydrogen-bond donors (Lipinski definition) is 0. The van der Waals surface area contributed by atoms with Gasteiger partial charge in [-0.2, -0.15) is 0 Å². The Kier molecular flexibility index (Phi) is 4.44. The molecule has 0 N–H and O–H groups in total. The van der Waals surface area contributed by atoms with Crippen molar-refractivity contribution in [1.82, 2.24) is 9.88 Å². The van der Waals surface area contributed by atoms with Crippen LogP contribution in [-0.4, -0.2) is 42.0 Å². The molecular formula is C19H25N3OS. The molecule has 5 heteroatoms. The number of amides is 1. The molecule has 2 aliphatic heterocycles. The number of aryl methyl sites for hydroxylation is 1. The zero-order valence-corrected chi connectivity index (χ0v) is 15.1. The van der Waals surface area contributed by atoms with E-state index < -0.39 is 0 Å². The summed E-state index contributed by atoms with van der Waals surface area (Å²) in [4.78, 5) is 21.8. The number of piperidine rings is 1. The summed E-state index contributed by atoms with van der Waals surface area (Å²) in [5.41, 5.74) is 2.47. The van der Waals surface area contributed by atoms with Gasteiger partial charge in [-0.1, -0.05) is 24.3 Å². The maximum absolute atomic E-state index is 12.5. The smallest absolute Gasteiger partial charge is 0.225 e. The van der Waals surface area contributed by atoms with E-state index >= 15 is 0 Å². The molecule has 0 bridgehead atoms. The maximum atomic E-state index is 12.5. The predicted molar refractivity (Wildman–Crippen MR) is 99.7 cm³/mol. The predicted octanol–water partition coefficient (Wildman–Crippen LogP) is 3.70. The number of likely N-dealkylation sites (tertiary alicyclic amines) is 1. The minimum absolute atomic E-state index is 0.223. The van der Waals surface area contributed by atoms with Crippen LogP contribution in [0.15, 0.2) is 18.2 Å². The highest BCUT2D eigenvalue weighted by Gasteiger charge is 2.30. The third kappa shape index (κ3) is 3.02. The van der Waals surface area contributed by atoms with Gasteiger partial charge in [0.25, 0.3) is 0 Å². The first kappa shape index (κ1) is 15.9. The molecule has 1 aromatic heterocycles. The Labute approximate surface area is 147 Å². The lowest BCUT2D eigenvalue weighted by Gasteiger charge is -2.32. The van der Waals surface area contributed by atoms with Crippen LogP contribution < -0.4 is 4.90 Å². The lowest BCUT2D eigenvalue weighted by Crippen LogP contribution is -2.41. The van der Waals surface area contributed by atoms with Gasteiger partial charge in [0.15, 0.2) is 5.13 Å². The van der Waals surface area contributed by atoms with E-state index in [9.17, 15) is 4.79 Å². The van der Waals surface area contributed by atoms with Crippen LogP contribution in [0.25, 0.3) is 10.2 Å². The summed E-state index contributed by atoms with van der Waals surface area (Å²) in [6, 6.07) is 6.57. The largest absolute Gasteiger partial charge is 0.348 e. The molecule has 0 saturated carbocycles. The molecule has 0 aliphatic carbocycles. The quantitative estimate of drug-likeness (QED) is 0.853. The van der Waals surface area contributed by atoms with E-state index in [0.717, 1.165) is 56.1 Å². The Morgan fingerprint density at radius 1 is 1.21 bits per heavy atom. The topological polar surface area (TPSA) is 36.4 Å². The fourth-order valence-corrected chi connectivity index (χ4v) is 4.91. The van der Waals surface area contributed by atoms with Gasteiger partial charge >= 0.3 is 0 Å². The number of anilines is 1. The molecular weight excluding hydrogens is 318 g/mol. The van der Waals surface area contributed by atoms with Gasteiger partial charge in [-0.3, -0.25) is 4.79 Å². The molecule has 2 aliphatic rings. The minimum atomic E-state index is 0.223. The van der Waals surface area contributed by atoms with Gasteiger partial charge < -0.3 is 9.80 Å². The van der Waals surface area contributed by atoms with Gasteiger partial charge in [0, 0.05) is 32.1 Å². The van der Waals surface area contributed by atoms with E-state index in [4.69, 9.17) is 4.98 Å². The summed E-state index contributed by atoms with van der Waals surface area (Å²) in [5, 5.41) is 1.12. The zero-order valence-electron chi connectivity index (χ0n) is 14.3. The lowest BCUT2D eigenvalue weighted by molar-refractivity contribution is -0.135. The van der Waals surface area contributed by atoms with Crippen molar-refractivity contribution >= 4 is 32.6 Å². The number of carbonyl (C=O) groups excluding carboxylic acids is 1. The number of carbonyl (C=O) groups is 1. The molecule has 4 nitrogen and oxygen atoms in total. The highest BCUT2D eigenvalue weighted by atomic mass is 32.1. The summed E-state index contributed by atoms with van der Waals surface area (Å²) in [6.07, 6.45) is 5.34. The SMILES string of the molecule is CCc1ccc2nc(N3CCC(C(=O)N4CCCC4)CC3)sc2c1. The third-order valence-corrected chi connectivity index (χ3v) is 6.46. The number of aromatic nitrogens is 1. The molecule has 2 aromatic rings. The molecule has 0 atom stereocenters. The lowest BCUT2D eigenvalue weighted by atomic mass is 9.95. The second-order valence-electron chi connectivity index (χ2n) is 6.95. The van der Waals surface area contributed by atoms with Crippen LogP contribution in [0, 0.1) is 5.92 Å². The van der Waals surface area contributed by atoms with E-state index in [-0.39, 0.29) is 5.92 Å². The van der Waals surface area contributed by atoms with Crippen molar-refractivity contribution in [1.29, 1.82) is 0 Å². The second kappa shape index (κ2) is 6.71. The van der Waals surface area contributed by atoms with Crippen molar-refractivity contribution in [3.63, 3.8) is 0 Å². The average Bonchev–Trinajstić information content (AvgIpc) is 3.30. The van der Waals surface area contributed by atoms with E-state index in [0.29, 0.717) is 5.91 Å². The Bertz CT molecular complexity index is 727. The van der Waals surface area contributed by atoms with Gasteiger partial charge in [-0.25, -0.2) is 4.98 Å². The molecule has 0 radical (unpaired) electrons. The Morgan fingerprint density at radius 3 is 2.67 bits per heavy atom. The molecule has 4 rings (SSSR count). The van der Waals surface area contributed by atoms with Crippen molar-refractivity contribution in [2.24, 2.45) is 5.92 Å². The van der Waals surface area contributed by atoms with Crippen molar-refractivity contribution in [2.45, 2.75) is 39.0 Å². The van der Waals surface area contributed by atoms with Crippen LogP contribution in [-0.2, 0) is 11.2 Å². The number of fused-ring (bicyclic) bond motifs is 1. The normalized spacial score (nSPS) is 19.4. The summed E-state index contributed by atoms with van der Waals surface area (Å²) in [6.45, 7) is 6.02. The highest BCUT2D eigenvalue weighted by Crippen LogP contribution is 2.32. The van der Waals surface area contributed by atoms with E-state index in [1.807, 2.05) is 0 Å². The third-order valence-electron chi connectivity index (χ3n) is 5.38. The molecule has 2 fully saturated rings. The fourth-order valence-electron chi connectivity index (χ4n) is 3.83. The summed E-state index contributed by atoms with van der Waals surface area (Å²) in [5.74, 6) is 0.615. The Hall–Kier alpha value is -1.62. The summed E-state index contributed by atoms with van der Waals surface area (Å²) < 4.78 is 1.28. The maximum Gasteiger partial charge on any atom is 0.225 e. The Morgan fingerprint density at radius 2 is 1.96 bits per heavy atom. The van der Waals surface area contributed by atoms with Crippen LogP contribution in [0.5, 0.6) is 0 Å². The van der Waals surface area contributed by atoms with Crippen molar-refractivity contribution < 1.29 is 4.79 Å². The van der Waals surface area contributed by atoms with Crippen LogP contribution >= 0.6 is 11.3 Å². The first-order chi connectivity index (χ1) is 11.7. The Balaban J connectivity index is 1.42. The molecule has 1 aromatic carbocycles. The van der Waals surface area contributed by atoms with E-state index in [1.165, 1.54) is 23.1 Å². The number of benzene rings is 1. The molecule has 1 amide bonds. The van der Waals surface area contributed by atoms with Crippen molar-refractivity contribution in [3.8, 4) is 0 Å². The molecule has 128 valence electrons. The zero-order chi connectivity index (χ0) is 16.5. The van der Waals surface area contributed by atoms with Crippen LogP contribution in [0.3, 0.4) is 0 Å². The van der Waals surface area contributed by atoms with Gasteiger partial charge in [0.05, 0.1) is 10.2 Å². The molecule has 3 heterocycles. The van der Waals surface area contributed by atoms with Gasteiger partial charge in [-0.15, -0.1) is 0 Å². The molecule has 0 spiro atoms. The first-order valence-corrected chi connectivity index (χ1v) is 9.99. The first-order valence-electron chi connectivity index (χ1n) is 9.18. The monoisotopic (exact) mass is 343 g/mol. The van der Waals surface area contributed by atoms with Crippen LogP contribution in [0.1, 0.15) is 38.2 Å². The number of rotatable bonds is 3. The highest BCUT2D eigenvalue weighted by molar-refractivity contribution is 7.22. The summed E-state index contributed by atoms with van der Waals surface area (Å²) >= 11 is 1.79. The van der Waals surface area contributed by atoms with Gasteiger partial charge in [-0.05, 0) is 49.8 Å².